The quantitative estimate of drug-likeness (QED) is 0.614. The summed E-state index contributed by atoms with van der Waals surface area (Å²) in [4.78, 5) is 13.0. The molecular weight excluding hydrogens is 254 g/mol. The minimum Gasteiger partial charge on any atom is -0.383 e. The van der Waals surface area contributed by atoms with E-state index in [0.29, 0.717) is 11.7 Å². The van der Waals surface area contributed by atoms with E-state index in [1.807, 2.05) is 12.1 Å². The number of rotatable bonds is 7. The lowest BCUT2D eigenvalue weighted by Crippen LogP contribution is -2.32. The van der Waals surface area contributed by atoms with Crippen LogP contribution in [0.2, 0.25) is 0 Å². The molecule has 0 aliphatic heterocycles. The minimum atomic E-state index is -0.347. The Labute approximate surface area is 120 Å². The van der Waals surface area contributed by atoms with Crippen LogP contribution in [0.5, 0.6) is 0 Å². The maximum absolute atomic E-state index is 10.9. The van der Waals surface area contributed by atoms with Gasteiger partial charge in [0.25, 0.3) is 5.69 Å². The van der Waals surface area contributed by atoms with E-state index in [9.17, 15) is 10.1 Å². The van der Waals surface area contributed by atoms with Gasteiger partial charge >= 0.3 is 0 Å². The molecule has 110 valence electrons. The number of nitro benzene ring substituents is 1. The normalized spacial score (nSPS) is 14.8. The van der Waals surface area contributed by atoms with Gasteiger partial charge in [-0.3, -0.25) is 15.0 Å². The predicted octanol–water partition coefficient (Wildman–Crippen LogP) is 3.26. The zero-order chi connectivity index (χ0) is 14.7. The Morgan fingerprint density at radius 3 is 2.65 bits per heavy atom. The van der Waals surface area contributed by atoms with Crippen molar-refractivity contribution >= 4 is 11.4 Å². The molecule has 1 aromatic carbocycles. The summed E-state index contributed by atoms with van der Waals surface area (Å²) in [5, 5.41) is 13.8. The highest BCUT2D eigenvalue weighted by Gasteiger charge is 2.25. The first-order valence-corrected chi connectivity index (χ1v) is 7.20. The van der Waals surface area contributed by atoms with Crippen LogP contribution in [0.1, 0.15) is 32.3 Å². The van der Waals surface area contributed by atoms with E-state index in [-0.39, 0.29) is 10.6 Å². The highest BCUT2D eigenvalue weighted by atomic mass is 16.6. The van der Waals surface area contributed by atoms with Gasteiger partial charge in [-0.05, 0) is 44.2 Å². The van der Waals surface area contributed by atoms with Gasteiger partial charge in [-0.25, -0.2) is 0 Å². The van der Waals surface area contributed by atoms with Gasteiger partial charge in [-0.1, -0.05) is 6.07 Å². The zero-order valence-corrected chi connectivity index (χ0v) is 12.4. The number of nitrogens with one attached hydrogen (secondary N) is 1. The Hall–Kier alpha value is -1.62. The number of anilines is 1. The maximum atomic E-state index is 10.9. The van der Waals surface area contributed by atoms with Gasteiger partial charge in [0.2, 0.25) is 0 Å². The van der Waals surface area contributed by atoms with Crippen LogP contribution in [-0.4, -0.2) is 29.5 Å². The van der Waals surface area contributed by atoms with E-state index in [1.54, 1.807) is 13.1 Å². The summed E-state index contributed by atoms with van der Waals surface area (Å²) in [6.07, 6.45) is 2.68. The van der Waals surface area contributed by atoms with E-state index in [2.05, 4.69) is 24.1 Å². The van der Waals surface area contributed by atoms with E-state index >= 15 is 0 Å². The molecule has 1 aliphatic carbocycles. The predicted molar refractivity (Wildman–Crippen MR) is 80.9 cm³/mol. The molecule has 0 saturated heterocycles. The summed E-state index contributed by atoms with van der Waals surface area (Å²) < 4.78 is 0. The Morgan fingerprint density at radius 2 is 2.15 bits per heavy atom. The van der Waals surface area contributed by atoms with E-state index in [4.69, 9.17) is 0 Å². The van der Waals surface area contributed by atoms with Crippen molar-refractivity contribution in [3.8, 4) is 0 Å². The Kier molecular flexibility index (Phi) is 4.60. The molecule has 5 heteroatoms. The van der Waals surface area contributed by atoms with Crippen molar-refractivity contribution in [1.82, 2.24) is 4.90 Å². The van der Waals surface area contributed by atoms with Crippen molar-refractivity contribution in [2.75, 3.05) is 18.9 Å². The molecule has 0 aromatic heterocycles. The van der Waals surface area contributed by atoms with Gasteiger partial charge < -0.3 is 5.32 Å². The van der Waals surface area contributed by atoms with Crippen LogP contribution >= 0.6 is 0 Å². The van der Waals surface area contributed by atoms with Gasteiger partial charge in [0, 0.05) is 32.2 Å². The first-order chi connectivity index (χ1) is 9.51. The molecule has 0 atom stereocenters. The average molecular weight is 277 g/mol. The molecule has 0 unspecified atom stereocenters. The zero-order valence-electron chi connectivity index (χ0n) is 12.4. The first kappa shape index (κ1) is 14.8. The summed E-state index contributed by atoms with van der Waals surface area (Å²) in [5.74, 6) is 0.846. The van der Waals surface area contributed by atoms with Crippen LogP contribution in [0.15, 0.2) is 18.2 Å². The van der Waals surface area contributed by atoms with Crippen LogP contribution < -0.4 is 5.32 Å². The summed E-state index contributed by atoms with van der Waals surface area (Å²) in [6, 6.07) is 5.84. The minimum absolute atomic E-state index is 0.134. The van der Waals surface area contributed by atoms with Crippen molar-refractivity contribution in [3.63, 3.8) is 0 Å². The average Bonchev–Trinajstić information content (AvgIpc) is 3.21. The second-order valence-electron chi connectivity index (χ2n) is 5.83. The lowest BCUT2D eigenvalue weighted by atomic mass is 10.1. The molecular formula is C15H23N3O2. The number of benzene rings is 1. The van der Waals surface area contributed by atoms with Crippen LogP contribution in [0.4, 0.5) is 11.4 Å². The summed E-state index contributed by atoms with van der Waals surface area (Å²) in [7, 11) is 1.72. The van der Waals surface area contributed by atoms with Gasteiger partial charge in [0.15, 0.2) is 0 Å². The highest BCUT2D eigenvalue weighted by molar-refractivity contribution is 5.62. The molecule has 2 rings (SSSR count). The molecule has 5 nitrogen and oxygen atoms in total. The van der Waals surface area contributed by atoms with Gasteiger partial charge in [-0.2, -0.15) is 0 Å². The largest absolute Gasteiger partial charge is 0.383 e. The molecule has 0 bridgehead atoms. The van der Waals surface area contributed by atoms with Crippen molar-refractivity contribution in [2.24, 2.45) is 5.92 Å². The Morgan fingerprint density at radius 1 is 1.45 bits per heavy atom. The fourth-order valence-corrected chi connectivity index (χ4v) is 2.37. The Bertz CT molecular complexity index is 484. The fourth-order valence-electron chi connectivity index (χ4n) is 2.37. The lowest BCUT2D eigenvalue weighted by Gasteiger charge is -2.26. The van der Waals surface area contributed by atoms with Gasteiger partial charge in [-0.15, -0.1) is 0 Å². The lowest BCUT2D eigenvalue weighted by molar-refractivity contribution is -0.384. The fraction of sp³-hybridized carbons (Fsp3) is 0.600. The number of nitrogens with zero attached hydrogens (tertiary/aromatic N) is 2. The molecule has 0 spiro atoms. The van der Waals surface area contributed by atoms with E-state index in [1.165, 1.54) is 12.8 Å². The SMILES string of the molecule is CNc1cc(CN(CC2CC2)C(C)C)ccc1[N+](=O)[O-]. The molecule has 1 aliphatic rings. The van der Waals surface area contributed by atoms with Crippen LogP contribution in [-0.2, 0) is 6.54 Å². The van der Waals surface area contributed by atoms with Gasteiger partial charge in [0.1, 0.15) is 5.69 Å². The smallest absolute Gasteiger partial charge is 0.292 e. The van der Waals surface area contributed by atoms with Crippen LogP contribution in [0.3, 0.4) is 0 Å². The molecule has 0 radical (unpaired) electrons. The van der Waals surface area contributed by atoms with Crippen LogP contribution in [0, 0.1) is 16.0 Å². The second-order valence-corrected chi connectivity index (χ2v) is 5.83. The molecule has 0 heterocycles. The molecule has 0 amide bonds. The van der Waals surface area contributed by atoms with Crippen molar-refractivity contribution in [3.05, 3.63) is 33.9 Å². The third kappa shape index (κ3) is 3.70. The number of nitro groups is 1. The molecule has 1 fully saturated rings. The highest BCUT2D eigenvalue weighted by Crippen LogP contribution is 2.31. The molecule has 1 N–H and O–H groups in total. The van der Waals surface area contributed by atoms with Crippen molar-refractivity contribution in [1.29, 1.82) is 0 Å². The Balaban J connectivity index is 2.12. The molecule has 1 saturated carbocycles. The summed E-state index contributed by atoms with van der Waals surface area (Å²) in [5.41, 5.74) is 1.84. The van der Waals surface area contributed by atoms with Crippen LogP contribution in [0.25, 0.3) is 0 Å². The van der Waals surface area contributed by atoms with Gasteiger partial charge in [0.05, 0.1) is 4.92 Å². The summed E-state index contributed by atoms with van der Waals surface area (Å²) in [6.45, 7) is 6.38. The number of hydrogen-bond donors (Lipinski definition) is 1. The monoisotopic (exact) mass is 277 g/mol. The van der Waals surface area contributed by atoms with Crippen molar-refractivity contribution < 1.29 is 4.92 Å². The topological polar surface area (TPSA) is 58.4 Å². The van der Waals surface area contributed by atoms with Crippen molar-refractivity contribution in [2.45, 2.75) is 39.3 Å². The molecule has 1 aromatic rings. The van der Waals surface area contributed by atoms with E-state index in [0.717, 1.165) is 24.6 Å². The standard InChI is InChI=1S/C15H23N3O2/c1-11(2)17(9-12-4-5-12)10-13-6-7-15(18(19)20)14(8-13)16-3/h6-8,11-12,16H,4-5,9-10H2,1-3H3. The number of hydrogen-bond acceptors (Lipinski definition) is 4. The second kappa shape index (κ2) is 6.22. The maximum Gasteiger partial charge on any atom is 0.292 e. The molecule has 20 heavy (non-hydrogen) atoms. The first-order valence-electron chi connectivity index (χ1n) is 7.20. The summed E-state index contributed by atoms with van der Waals surface area (Å²) >= 11 is 0. The third-order valence-corrected chi connectivity index (χ3v) is 3.83. The van der Waals surface area contributed by atoms with E-state index < -0.39 is 0 Å². The third-order valence-electron chi connectivity index (χ3n) is 3.83.